The highest BCUT2D eigenvalue weighted by Crippen LogP contribution is 2.26. The molecule has 2 amide bonds. The predicted molar refractivity (Wildman–Crippen MR) is 79.1 cm³/mol. The fourth-order valence-electron chi connectivity index (χ4n) is 2.47. The molecule has 2 N–H and O–H groups in total. The SMILES string of the molecule is N#CCC(=O)NCc1ccc(NC(=O)C2CCCC2)cc1. The topological polar surface area (TPSA) is 82.0 Å². The van der Waals surface area contributed by atoms with Crippen LogP contribution < -0.4 is 10.6 Å². The molecular weight excluding hydrogens is 266 g/mol. The first kappa shape index (κ1) is 15.0. The van der Waals surface area contributed by atoms with Crippen molar-refractivity contribution in [3.63, 3.8) is 0 Å². The summed E-state index contributed by atoms with van der Waals surface area (Å²) in [6.45, 7) is 0.386. The molecule has 1 aromatic rings. The molecule has 21 heavy (non-hydrogen) atoms. The van der Waals surface area contributed by atoms with E-state index in [1.165, 1.54) is 0 Å². The van der Waals surface area contributed by atoms with Crippen molar-refractivity contribution in [3.05, 3.63) is 29.8 Å². The van der Waals surface area contributed by atoms with Crippen LogP contribution in [-0.4, -0.2) is 11.8 Å². The second-order valence-electron chi connectivity index (χ2n) is 5.28. The van der Waals surface area contributed by atoms with Gasteiger partial charge in [0.25, 0.3) is 0 Å². The van der Waals surface area contributed by atoms with Crippen LogP contribution in [0.25, 0.3) is 0 Å². The van der Waals surface area contributed by atoms with Crippen LogP contribution >= 0.6 is 0 Å². The van der Waals surface area contributed by atoms with Crippen LogP contribution in [0.4, 0.5) is 5.69 Å². The van der Waals surface area contributed by atoms with Crippen molar-refractivity contribution in [1.29, 1.82) is 5.26 Å². The average Bonchev–Trinajstić information content (AvgIpc) is 3.01. The lowest BCUT2D eigenvalue weighted by Crippen LogP contribution is -2.22. The molecular formula is C16H19N3O2. The molecule has 1 aliphatic carbocycles. The quantitative estimate of drug-likeness (QED) is 0.871. The fourth-order valence-corrected chi connectivity index (χ4v) is 2.47. The molecule has 0 radical (unpaired) electrons. The maximum atomic E-state index is 12.0. The van der Waals surface area contributed by atoms with E-state index in [1.54, 1.807) is 6.07 Å². The highest BCUT2D eigenvalue weighted by Gasteiger charge is 2.22. The minimum Gasteiger partial charge on any atom is -0.351 e. The van der Waals surface area contributed by atoms with E-state index in [0.717, 1.165) is 36.9 Å². The summed E-state index contributed by atoms with van der Waals surface area (Å²) >= 11 is 0. The Balaban J connectivity index is 1.82. The third kappa shape index (κ3) is 4.60. The van der Waals surface area contributed by atoms with E-state index in [2.05, 4.69) is 10.6 Å². The Morgan fingerprint density at radius 2 is 1.86 bits per heavy atom. The zero-order valence-electron chi connectivity index (χ0n) is 11.9. The van der Waals surface area contributed by atoms with Crippen molar-refractivity contribution in [2.75, 3.05) is 5.32 Å². The maximum absolute atomic E-state index is 12.0. The Kier molecular flexibility index (Phi) is 5.33. The van der Waals surface area contributed by atoms with E-state index in [9.17, 15) is 9.59 Å². The molecule has 0 spiro atoms. The van der Waals surface area contributed by atoms with Gasteiger partial charge in [-0.05, 0) is 30.5 Å². The van der Waals surface area contributed by atoms with E-state index < -0.39 is 0 Å². The second kappa shape index (κ2) is 7.44. The Hall–Kier alpha value is -2.35. The Morgan fingerprint density at radius 3 is 2.48 bits per heavy atom. The van der Waals surface area contributed by atoms with E-state index >= 15 is 0 Å². The van der Waals surface area contributed by atoms with Crippen LogP contribution in [0.5, 0.6) is 0 Å². The molecule has 0 saturated heterocycles. The molecule has 0 bridgehead atoms. The zero-order chi connectivity index (χ0) is 15.1. The standard InChI is InChI=1S/C16H19N3O2/c17-10-9-15(20)18-11-12-5-7-14(8-6-12)19-16(21)13-3-1-2-4-13/h5-8,13H,1-4,9,11H2,(H,18,20)(H,19,21). The van der Waals surface area contributed by atoms with Crippen molar-refractivity contribution >= 4 is 17.5 Å². The largest absolute Gasteiger partial charge is 0.351 e. The smallest absolute Gasteiger partial charge is 0.234 e. The molecule has 5 nitrogen and oxygen atoms in total. The fraction of sp³-hybridized carbons (Fsp3) is 0.438. The number of rotatable bonds is 5. The van der Waals surface area contributed by atoms with Gasteiger partial charge in [0, 0.05) is 18.2 Å². The van der Waals surface area contributed by atoms with Gasteiger partial charge < -0.3 is 10.6 Å². The second-order valence-corrected chi connectivity index (χ2v) is 5.28. The maximum Gasteiger partial charge on any atom is 0.234 e. The zero-order valence-corrected chi connectivity index (χ0v) is 11.9. The number of benzene rings is 1. The number of hydrogen-bond acceptors (Lipinski definition) is 3. The summed E-state index contributed by atoms with van der Waals surface area (Å²) in [5.74, 6) is -0.0337. The number of anilines is 1. The summed E-state index contributed by atoms with van der Waals surface area (Å²) in [7, 11) is 0. The summed E-state index contributed by atoms with van der Waals surface area (Å²) in [6, 6.07) is 9.18. The van der Waals surface area contributed by atoms with Crippen LogP contribution in [0.1, 0.15) is 37.7 Å². The lowest BCUT2D eigenvalue weighted by molar-refractivity contribution is -0.120. The molecule has 0 atom stereocenters. The summed E-state index contributed by atoms with van der Waals surface area (Å²) in [5, 5.41) is 14.0. The number of nitrogens with one attached hydrogen (secondary N) is 2. The Bertz CT molecular complexity index is 540. The van der Waals surface area contributed by atoms with Crippen LogP contribution in [0, 0.1) is 17.2 Å². The minimum absolute atomic E-state index is 0.0996. The monoisotopic (exact) mass is 285 g/mol. The first-order valence-electron chi connectivity index (χ1n) is 7.22. The Morgan fingerprint density at radius 1 is 1.19 bits per heavy atom. The van der Waals surface area contributed by atoms with E-state index in [1.807, 2.05) is 24.3 Å². The lowest BCUT2D eigenvalue weighted by atomic mass is 10.1. The predicted octanol–water partition coefficient (Wildman–Crippen LogP) is 2.35. The third-order valence-electron chi connectivity index (χ3n) is 3.68. The number of amides is 2. The number of nitrogens with zero attached hydrogens (tertiary/aromatic N) is 1. The lowest BCUT2D eigenvalue weighted by Gasteiger charge is -2.11. The van der Waals surface area contributed by atoms with Crippen molar-refractivity contribution in [2.24, 2.45) is 5.92 Å². The van der Waals surface area contributed by atoms with E-state index in [0.29, 0.717) is 6.54 Å². The summed E-state index contributed by atoms with van der Waals surface area (Å²) in [4.78, 5) is 23.2. The molecule has 1 aliphatic rings. The van der Waals surface area contributed by atoms with Crippen LogP contribution in [0.15, 0.2) is 24.3 Å². The molecule has 110 valence electrons. The first-order valence-corrected chi connectivity index (χ1v) is 7.22. The van der Waals surface area contributed by atoms with Crippen molar-refractivity contribution in [1.82, 2.24) is 5.32 Å². The molecule has 0 heterocycles. The number of carbonyl (C=O) groups is 2. The van der Waals surface area contributed by atoms with Gasteiger partial charge in [-0.1, -0.05) is 25.0 Å². The first-order chi connectivity index (χ1) is 10.2. The van der Waals surface area contributed by atoms with Gasteiger partial charge in [0.05, 0.1) is 6.07 Å². The molecule has 5 heteroatoms. The molecule has 1 saturated carbocycles. The van der Waals surface area contributed by atoms with Crippen molar-refractivity contribution in [2.45, 2.75) is 38.6 Å². The third-order valence-corrected chi connectivity index (χ3v) is 3.68. The molecule has 1 fully saturated rings. The molecule has 0 aromatic heterocycles. The molecule has 0 unspecified atom stereocenters. The van der Waals surface area contributed by atoms with Gasteiger partial charge in [-0.25, -0.2) is 0 Å². The van der Waals surface area contributed by atoms with E-state index in [4.69, 9.17) is 5.26 Å². The van der Waals surface area contributed by atoms with Crippen LogP contribution in [0.3, 0.4) is 0 Å². The van der Waals surface area contributed by atoms with Crippen molar-refractivity contribution in [3.8, 4) is 6.07 Å². The normalized spacial score (nSPS) is 14.4. The molecule has 2 rings (SSSR count). The highest BCUT2D eigenvalue weighted by atomic mass is 16.2. The Labute approximate surface area is 124 Å². The van der Waals surface area contributed by atoms with Crippen molar-refractivity contribution < 1.29 is 9.59 Å². The summed E-state index contributed by atoms with van der Waals surface area (Å²) < 4.78 is 0. The van der Waals surface area contributed by atoms with Gasteiger partial charge in [-0.15, -0.1) is 0 Å². The van der Waals surface area contributed by atoms with Gasteiger partial charge in [0.15, 0.2) is 0 Å². The van der Waals surface area contributed by atoms with Gasteiger partial charge in [-0.2, -0.15) is 5.26 Å². The molecule has 1 aromatic carbocycles. The molecule has 0 aliphatic heterocycles. The van der Waals surface area contributed by atoms with Gasteiger partial charge in [0.1, 0.15) is 6.42 Å². The number of carbonyl (C=O) groups excluding carboxylic acids is 2. The summed E-state index contributed by atoms with van der Waals surface area (Å²) in [5.41, 5.74) is 1.71. The van der Waals surface area contributed by atoms with Gasteiger partial charge in [-0.3, -0.25) is 9.59 Å². The van der Waals surface area contributed by atoms with Gasteiger partial charge in [0.2, 0.25) is 11.8 Å². The summed E-state index contributed by atoms with van der Waals surface area (Å²) in [6.07, 6.45) is 4.11. The average molecular weight is 285 g/mol. The van der Waals surface area contributed by atoms with E-state index in [-0.39, 0.29) is 24.2 Å². The number of nitriles is 1. The van der Waals surface area contributed by atoms with Gasteiger partial charge >= 0.3 is 0 Å². The number of hydrogen-bond donors (Lipinski definition) is 2. The van der Waals surface area contributed by atoms with Crippen LogP contribution in [0.2, 0.25) is 0 Å². The minimum atomic E-state index is -0.281. The van der Waals surface area contributed by atoms with Crippen LogP contribution in [-0.2, 0) is 16.1 Å². The highest BCUT2D eigenvalue weighted by molar-refractivity contribution is 5.92.